The van der Waals surface area contributed by atoms with Crippen molar-refractivity contribution < 1.29 is 9.53 Å². The predicted molar refractivity (Wildman–Crippen MR) is 55.2 cm³/mol. The summed E-state index contributed by atoms with van der Waals surface area (Å²) in [5, 5.41) is 0. The fourth-order valence-electron chi connectivity index (χ4n) is 1.35. The monoisotopic (exact) mass is 196 g/mol. The lowest BCUT2D eigenvalue weighted by Gasteiger charge is -2.18. The molecule has 1 rings (SSSR count). The van der Waals surface area contributed by atoms with E-state index < -0.39 is 5.97 Å². The van der Waals surface area contributed by atoms with Gasteiger partial charge in [-0.3, -0.25) is 0 Å². The van der Waals surface area contributed by atoms with Gasteiger partial charge in [0, 0.05) is 17.3 Å². The summed E-state index contributed by atoms with van der Waals surface area (Å²) in [4.78, 5) is 14.4. The van der Waals surface area contributed by atoms with Gasteiger partial charge < -0.3 is 15.5 Å². The fourth-order valence-corrected chi connectivity index (χ4v) is 1.35. The lowest BCUT2D eigenvalue weighted by molar-refractivity contribution is 0.0599. The third-order valence-electron chi connectivity index (χ3n) is 2.05. The number of ether oxygens (including phenoxy) is 1. The third-order valence-corrected chi connectivity index (χ3v) is 2.05. The smallest absolute Gasteiger partial charge is 0.341 e. The molecule has 0 radical (unpaired) electrons. The summed E-state index contributed by atoms with van der Waals surface area (Å²) in [6, 6.07) is 0. The Kier molecular flexibility index (Phi) is 2.55. The molecule has 3 N–H and O–H groups in total. The Morgan fingerprint density at radius 2 is 2.07 bits per heavy atom. The molecule has 0 aromatic carbocycles. The molecule has 0 saturated carbocycles. The van der Waals surface area contributed by atoms with Gasteiger partial charge in [0.2, 0.25) is 0 Å². The van der Waals surface area contributed by atoms with E-state index in [1.54, 1.807) is 6.20 Å². The van der Waals surface area contributed by atoms with E-state index >= 15 is 0 Å². The van der Waals surface area contributed by atoms with Gasteiger partial charge >= 0.3 is 5.97 Å². The van der Waals surface area contributed by atoms with Crippen molar-refractivity contribution in [3.63, 3.8) is 0 Å². The van der Waals surface area contributed by atoms with Crippen LogP contribution in [-0.2, 0) is 10.2 Å². The lowest BCUT2D eigenvalue weighted by atomic mass is 9.89. The number of hydrogen-bond donors (Lipinski definition) is 2. The van der Waals surface area contributed by atoms with Gasteiger partial charge in [0.25, 0.3) is 0 Å². The van der Waals surface area contributed by atoms with Crippen molar-refractivity contribution in [1.29, 1.82) is 0 Å². The number of anilines is 1. The van der Waals surface area contributed by atoms with Crippen LogP contribution in [0.4, 0.5) is 5.69 Å². The highest BCUT2D eigenvalue weighted by Crippen LogP contribution is 2.28. The van der Waals surface area contributed by atoms with Crippen LogP contribution in [0.1, 0.15) is 36.8 Å². The van der Waals surface area contributed by atoms with E-state index in [-0.39, 0.29) is 5.41 Å². The molecule has 1 aromatic rings. The minimum Gasteiger partial charge on any atom is -0.465 e. The number of nitrogen functional groups attached to an aromatic ring is 1. The molecule has 4 heteroatoms. The number of carbonyl (C=O) groups is 1. The number of rotatable bonds is 1. The summed E-state index contributed by atoms with van der Waals surface area (Å²) in [6.07, 6.45) is 1.62. The lowest BCUT2D eigenvalue weighted by Crippen LogP contribution is -2.17. The minimum absolute atomic E-state index is 0.152. The minimum atomic E-state index is -0.395. The number of aromatic nitrogens is 1. The maximum atomic E-state index is 11.4. The van der Waals surface area contributed by atoms with E-state index in [0.717, 1.165) is 5.69 Å². The van der Waals surface area contributed by atoms with Crippen LogP contribution in [0, 0.1) is 0 Å². The van der Waals surface area contributed by atoms with Gasteiger partial charge in [-0.2, -0.15) is 0 Å². The number of nitrogens with one attached hydrogen (secondary N) is 1. The Morgan fingerprint density at radius 3 is 2.50 bits per heavy atom. The number of carbonyl (C=O) groups excluding carboxylic acids is 1. The van der Waals surface area contributed by atoms with E-state index in [1.165, 1.54) is 7.11 Å². The van der Waals surface area contributed by atoms with Crippen LogP contribution in [0.5, 0.6) is 0 Å². The quantitative estimate of drug-likeness (QED) is 0.671. The topological polar surface area (TPSA) is 68.1 Å². The highest BCUT2D eigenvalue weighted by atomic mass is 16.5. The Labute approximate surface area is 83.4 Å². The third kappa shape index (κ3) is 1.73. The number of esters is 1. The van der Waals surface area contributed by atoms with Crippen molar-refractivity contribution in [2.45, 2.75) is 26.2 Å². The number of aromatic amines is 1. The highest BCUT2D eigenvalue weighted by molar-refractivity contribution is 5.96. The highest BCUT2D eigenvalue weighted by Gasteiger charge is 2.26. The Bertz CT molecular complexity index is 347. The first-order chi connectivity index (χ1) is 6.38. The second-order valence-corrected chi connectivity index (χ2v) is 4.24. The fraction of sp³-hybridized carbons (Fsp3) is 0.500. The molecular weight excluding hydrogens is 180 g/mol. The summed E-state index contributed by atoms with van der Waals surface area (Å²) in [6.45, 7) is 6.01. The molecule has 14 heavy (non-hydrogen) atoms. The van der Waals surface area contributed by atoms with E-state index in [2.05, 4.69) is 9.72 Å². The first kappa shape index (κ1) is 10.6. The van der Waals surface area contributed by atoms with E-state index in [9.17, 15) is 4.79 Å². The van der Waals surface area contributed by atoms with Gasteiger partial charge in [-0.05, 0) is 0 Å². The van der Waals surface area contributed by atoms with Crippen LogP contribution in [0.15, 0.2) is 6.20 Å². The molecule has 0 unspecified atom stereocenters. The van der Waals surface area contributed by atoms with Crippen molar-refractivity contribution >= 4 is 11.7 Å². The van der Waals surface area contributed by atoms with Gasteiger partial charge in [0.15, 0.2) is 0 Å². The van der Waals surface area contributed by atoms with Gasteiger partial charge in [0.1, 0.15) is 5.56 Å². The Hall–Kier alpha value is -1.45. The van der Waals surface area contributed by atoms with E-state index in [1.807, 2.05) is 20.8 Å². The molecule has 4 nitrogen and oxygen atoms in total. The molecule has 0 spiro atoms. The number of H-pyrrole nitrogens is 1. The van der Waals surface area contributed by atoms with Gasteiger partial charge in [-0.1, -0.05) is 20.8 Å². The molecule has 0 fully saturated rings. The SMILES string of the molecule is COC(=O)c1c(N)c[nH]c1C(C)(C)C. The molecule has 1 aromatic heterocycles. The van der Waals surface area contributed by atoms with Crippen LogP contribution in [0.2, 0.25) is 0 Å². The first-order valence-electron chi connectivity index (χ1n) is 4.43. The van der Waals surface area contributed by atoms with E-state index in [0.29, 0.717) is 11.3 Å². The van der Waals surface area contributed by atoms with Crippen LogP contribution in [0.3, 0.4) is 0 Å². The van der Waals surface area contributed by atoms with Crippen molar-refractivity contribution in [3.05, 3.63) is 17.5 Å². The zero-order valence-corrected chi connectivity index (χ0v) is 8.97. The largest absolute Gasteiger partial charge is 0.465 e. The molecule has 0 aliphatic rings. The van der Waals surface area contributed by atoms with Crippen LogP contribution >= 0.6 is 0 Å². The summed E-state index contributed by atoms with van der Waals surface area (Å²) in [5.74, 6) is -0.395. The second kappa shape index (κ2) is 3.36. The molecule has 0 saturated heterocycles. The first-order valence-corrected chi connectivity index (χ1v) is 4.43. The number of methoxy groups -OCH3 is 1. The van der Waals surface area contributed by atoms with Gasteiger partial charge in [-0.15, -0.1) is 0 Å². The second-order valence-electron chi connectivity index (χ2n) is 4.24. The predicted octanol–water partition coefficient (Wildman–Crippen LogP) is 1.68. The Balaban J connectivity index is 3.26. The van der Waals surface area contributed by atoms with Gasteiger partial charge in [-0.25, -0.2) is 4.79 Å². The average Bonchev–Trinajstić information content (AvgIpc) is 2.45. The molecule has 0 aliphatic carbocycles. The van der Waals surface area contributed by atoms with Gasteiger partial charge in [0.05, 0.1) is 12.8 Å². The summed E-state index contributed by atoms with van der Waals surface area (Å²) in [7, 11) is 1.35. The van der Waals surface area contributed by atoms with Crippen molar-refractivity contribution in [1.82, 2.24) is 4.98 Å². The van der Waals surface area contributed by atoms with Crippen molar-refractivity contribution in [2.75, 3.05) is 12.8 Å². The molecule has 0 atom stereocenters. The Morgan fingerprint density at radius 1 is 1.50 bits per heavy atom. The maximum Gasteiger partial charge on any atom is 0.341 e. The maximum absolute atomic E-state index is 11.4. The molecular formula is C10H16N2O2. The summed E-state index contributed by atoms with van der Waals surface area (Å²) < 4.78 is 4.67. The summed E-state index contributed by atoms with van der Waals surface area (Å²) >= 11 is 0. The van der Waals surface area contributed by atoms with Crippen LogP contribution in [0.25, 0.3) is 0 Å². The molecule has 1 heterocycles. The zero-order chi connectivity index (χ0) is 10.9. The van der Waals surface area contributed by atoms with Crippen LogP contribution < -0.4 is 5.73 Å². The molecule has 78 valence electrons. The standard InChI is InChI=1S/C10H16N2O2/c1-10(2,3)8-7(9(13)14-4)6(11)5-12-8/h5,12H,11H2,1-4H3. The molecule has 0 bridgehead atoms. The molecule has 0 amide bonds. The van der Waals surface area contributed by atoms with E-state index in [4.69, 9.17) is 5.73 Å². The van der Waals surface area contributed by atoms with Crippen molar-refractivity contribution in [3.8, 4) is 0 Å². The average molecular weight is 196 g/mol. The number of nitrogens with two attached hydrogens (primary N) is 1. The van der Waals surface area contributed by atoms with Crippen molar-refractivity contribution in [2.24, 2.45) is 0 Å². The molecule has 0 aliphatic heterocycles. The summed E-state index contributed by atoms with van der Waals surface area (Å²) in [5.41, 5.74) is 7.21. The number of hydrogen-bond acceptors (Lipinski definition) is 3. The van der Waals surface area contributed by atoms with Crippen LogP contribution in [-0.4, -0.2) is 18.1 Å². The normalized spacial score (nSPS) is 11.4. The zero-order valence-electron chi connectivity index (χ0n) is 8.97.